The van der Waals surface area contributed by atoms with E-state index in [0.717, 1.165) is 6.42 Å². The van der Waals surface area contributed by atoms with Gasteiger partial charge in [-0.05, 0) is 28.3 Å². The molecule has 0 saturated carbocycles. The molecule has 0 amide bonds. The Morgan fingerprint density at radius 3 is 1.94 bits per heavy atom. The molecule has 1 unspecified atom stereocenters. The topological polar surface area (TPSA) is 69.9 Å². The molecule has 0 radical (unpaired) electrons. The minimum Gasteiger partial charge on any atom is -0.405 e. The quantitative estimate of drug-likeness (QED) is 0.302. The van der Waals surface area contributed by atoms with Crippen molar-refractivity contribution in [3.63, 3.8) is 0 Å². The van der Waals surface area contributed by atoms with Gasteiger partial charge in [-0.25, -0.2) is 0 Å². The number of aliphatic hydroxyl groups excluding tert-OH is 3. The molecule has 0 fully saturated rings. The Balaban J connectivity index is 2.12. The van der Waals surface area contributed by atoms with Crippen LogP contribution in [-0.2, 0) is 4.43 Å². The van der Waals surface area contributed by atoms with Crippen LogP contribution in [-0.4, -0.2) is 49.1 Å². The molecule has 0 aromatic heterocycles. The molecule has 0 aliphatic carbocycles. The maximum atomic E-state index is 10.6. The van der Waals surface area contributed by atoms with Gasteiger partial charge in [0.2, 0.25) is 0 Å². The summed E-state index contributed by atoms with van der Waals surface area (Å²) < 4.78 is 6.74. The Labute approximate surface area is 188 Å². The first-order chi connectivity index (χ1) is 14.8. The first-order valence-corrected chi connectivity index (χ1v) is 12.9. The van der Waals surface area contributed by atoms with Crippen molar-refractivity contribution in [2.45, 2.75) is 63.7 Å². The van der Waals surface area contributed by atoms with E-state index in [1.807, 2.05) is 12.1 Å². The predicted molar refractivity (Wildman–Crippen MR) is 129 cm³/mol. The molecule has 2 aromatic carbocycles. The van der Waals surface area contributed by atoms with Gasteiger partial charge in [0.1, 0.15) is 6.10 Å². The fourth-order valence-electron chi connectivity index (χ4n) is 3.88. The summed E-state index contributed by atoms with van der Waals surface area (Å²) in [5, 5.41) is 31.2. The van der Waals surface area contributed by atoms with Crippen molar-refractivity contribution < 1.29 is 19.7 Å². The van der Waals surface area contributed by atoms with E-state index in [0.29, 0.717) is 12.8 Å². The Kier molecular flexibility index (Phi) is 9.95. The smallest absolute Gasteiger partial charge is 0.261 e. The summed E-state index contributed by atoms with van der Waals surface area (Å²) in [6.45, 7) is 6.86. The molecule has 2 rings (SSSR count). The molecule has 0 saturated heterocycles. The Morgan fingerprint density at radius 2 is 1.45 bits per heavy atom. The van der Waals surface area contributed by atoms with Gasteiger partial charge in [-0.15, -0.1) is 5.92 Å². The lowest BCUT2D eigenvalue weighted by Gasteiger charge is -2.43. The minimum atomic E-state index is -2.64. The van der Waals surface area contributed by atoms with Gasteiger partial charge in [0.25, 0.3) is 8.32 Å². The summed E-state index contributed by atoms with van der Waals surface area (Å²) in [6, 6.07) is 20.8. The van der Waals surface area contributed by atoms with Gasteiger partial charge in [0.15, 0.2) is 0 Å². The maximum Gasteiger partial charge on any atom is 0.261 e. The van der Waals surface area contributed by atoms with Gasteiger partial charge >= 0.3 is 0 Å². The van der Waals surface area contributed by atoms with Crippen molar-refractivity contribution in [1.82, 2.24) is 0 Å². The summed E-state index contributed by atoms with van der Waals surface area (Å²) in [7, 11) is -2.64. The average molecular weight is 441 g/mol. The lowest BCUT2D eigenvalue weighted by Crippen LogP contribution is -2.67. The second-order valence-electron chi connectivity index (χ2n) is 8.87. The third kappa shape index (κ3) is 7.03. The zero-order valence-electron chi connectivity index (χ0n) is 18.9. The summed E-state index contributed by atoms with van der Waals surface area (Å²) in [5.41, 5.74) is 0. The third-order valence-electron chi connectivity index (χ3n) is 5.42. The maximum absolute atomic E-state index is 10.6. The van der Waals surface area contributed by atoms with Crippen molar-refractivity contribution in [3.05, 3.63) is 60.7 Å². The number of benzene rings is 2. The second-order valence-corrected chi connectivity index (χ2v) is 13.2. The van der Waals surface area contributed by atoms with Gasteiger partial charge in [-0.3, -0.25) is 0 Å². The molecule has 0 bridgehead atoms. The number of unbranched alkanes of at least 4 members (excludes halogenated alkanes) is 1. The largest absolute Gasteiger partial charge is 0.405 e. The lowest BCUT2D eigenvalue weighted by molar-refractivity contribution is 0.0937. The molecule has 0 heterocycles. The Bertz CT molecular complexity index is 782. The van der Waals surface area contributed by atoms with Crippen LogP contribution < -0.4 is 10.4 Å². The van der Waals surface area contributed by atoms with Gasteiger partial charge in [-0.2, -0.15) is 0 Å². The molecule has 2 aromatic rings. The molecule has 5 heteroatoms. The molecule has 0 aliphatic rings. The van der Waals surface area contributed by atoms with E-state index < -0.39 is 20.5 Å². The van der Waals surface area contributed by atoms with Crippen LogP contribution in [0.5, 0.6) is 0 Å². The predicted octanol–water partition coefficient (Wildman–Crippen LogP) is 2.84. The Morgan fingerprint density at radius 1 is 0.903 bits per heavy atom. The fraction of sp³-hybridized carbons (Fsp3) is 0.462. The summed E-state index contributed by atoms with van der Waals surface area (Å²) >= 11 is 0. The highest BCUT2D eigenvalue weighted by Gasteiger charge is 2.50. The fourth-order valence-corrected chi connectivity index (χ4v) is 8.47. The first-order valence-electron chi connectivity index (χ1n) is 11.0. The van der Waals surface area contributed by atoms with Crippen LogP contribution in [0.25, 0.3) is 0 Å². The highest BCUT2D eigenvalue weighted by Crippen LogP contribution is 2.36. The molecule has 3 N–H and O–H groups in total. The monoisotopic (exact) mass is 440 g/mol. The van der Waals surface area contributed by atoms with Crippen LogP contribution in [0.3, 0.4) is 0 Å². The van der Waals surface area contributed by atoms with Crippen LogP contribution >= 0.6 is 0 Å². The molecular formula is C26H36O4Si. The Hall–Kier alpha value is -1.94. The normalized spacial score (nSPS) is 13.9. The molecule has 0 spiro atoms. The van der Waals surface area contributed by atoms with Gasteiger partial charge in [0.05, 0.1) is 12.7 Å². The number of rotatable bonds is 10. The van der Waals surface area contributed by atoms with E-state index >= 15 is 0 Å². The molecule has 31 heavy (non-hydrogen) atoms. The van der Waals surface area contributed by atoms with E-state index in [2.05, 4.69) is 81.1 Å². The molecular weight excluding hydrogens is 404 g/mol. The third-order valence-corrected chi connectivity index (χ3v) is 10.4. The molecule has 2 atom stereocenters. The highest BCUT2D eigenvalue weighted by molar-refractivity contribution is 6.99. The summed E-state index contributed by atoms with van der Waals surface area (Å²) in [6.07, 6.45) is 0.813. The molecule has 0 aliphatic heterocycles. The standard InChI is InChI=1S/C26H36O4Si/c1-26(2,3)31(24-15-9-5-10-16-24,25-17-11-6-12-18-25)30-21-23(29)14-8-4-7-13-22(28)19-20-27/h5-6,9-12,15-18,22-23,27-29H,4,8,14,19-21H2,1-3H3/t22?,23-/m1/s1. The van der Waals surface area contributed by atoms with E-state index in [1.54, 1.807) is 0 Å². The van der Waals surface area contributed by atoms with Crippen LogP contribution in [0.1, 0.15) is 46.5 Å². The van der Waals surface area contributed by atoms with Gasteiger partial charge in [-0.1, -0.05) is 87.4 Å². The lowest BCUT2D eigenvalue weighted by atomic mass is 10.1. The van der Waals surface area contributed by atoms with E-state index in [9.17, 15) is 10.2 Å². The van der Waals surface area contributed by atoms with Crippen LogP contribution in [0.2, 0.25) is 5.04 Å². The zero-order valence-corrected chi connectivity index (χ0v) is 19.9. The van der Waals surface area contributed by atoms with Crippen molar-refractivity contribution >= 4 is 18.7 Å². The van der Waals surface area contributed by atoms with E-state index in [4.69, 9.17) is 9.53 Å². The number of hydrogen-bond donors (Lipinski definition) is 3. The van der Waals surface area contributed by atoms with Crippen molar-refractivity contribution in [2.75, 3.05) is 13.2 Å². The first kappa shape index (κ1) is 25.3. The van der Waals surface area contributed by atoms with Gasteiger partial charge < -0.3 is 19.7 Å². The summed E-state index contributed by atoms with van der Waals surface area (Å²) in [4.78, 5) is 0. The highest BCUT2D eigenvalue weighted by atomic mass is 28.4. The average Bonchev–Trinajstić information content (AvgIpc) is 2.75. The second kappa shape index (κ2) is 12.2. The van der Waals surface area contributed by atoms with Crippen LogP contribution in [0.4, 0.5) is 0 Å². The van der Waals surface area contributed by atoms with Gasteiger partial charge in [0, 0.05) is 19.4 Å². The zero-order chi connectivity index (χ0) is 22.7. The molecule has 4 nitrogen and oxygen atoms in total. The minimum absolute atomic E-state index is 0.0753. The van der Waals surface area contributed by atoms with Crippen molar-refractivity contribution in [1.29, 1.82) is 0 Å². The van der Waals surface area contributed by atoms with Crippen LogP contribution in [0.15, 0.2) is 60.7 Å². The number of aliphatic hydroxyl groups is 3. The summed E-state index contributed by atoms with van der Waals surface area (Å²) in [5.74, 6) is 5.64. The van der Waals surface area contributed by atoms with E-state index in [-0.39, 0.29) is 24.7 Å². The van der Waals surface area contributed by atoms with Crippen molar-refractivity contribution in [2.24, 2.45) is 0 Å². The SMILES string of the molecule is CC(C)(C)[Si](OC[C@H](O)CCCC#CC(O)CCO)(c1ccccc1)c1ccccc1. The van der Waals surface area contributed by atoms with Crippen LogP contribution in [0, 0.1) is 11.8 Å². The van der Waals surface area contributed by atoms with Crippen molar-refractivity contribution in [3.8, 4) is 11.8 Å². The van der Waals surface area contributed by atoms with E-state index in [1.165, 1.54) is 10.4 Å². The molecule has 168 valence electrons. The number of hydrogen-bond acceptors (Lipinski definition) is 4.